The molecule has 0 unspecified atom stereocenters. The van der Waals surface area contributed by atoms with Crippen molar-refractivity contribution in [2.24, 2.45) is 4.99 Å². The van der Waals surface area contributed by atoms with Crippen LogP contribution in [0.2, 0.25) is 0 Å². The maximum Gasteiger partial charge on any atom is 0.157 e. The van der Waals surface area contributed by atoms with Gasteiger partial charge in [-0.05, 0) is 28.1 Å². The fourth-order valence-electron chi connectivity index (χ4n) is 0.932. The number of benzene rings is 1. The number of hydrogen-bond donors (Lipinski definition) is 0. The Morgan fingerprint density at radius 2 is 2.20 bits per heavy atom. The molecule has 0 saturated heterocycles. The number of hydrogen-bond acceptors (Lipinski definition) is 2. The zero-order valence-electron chi connectivity index (χ0n) is 8.33. The number of rotatable bonds is 2. The first-order valence-electron chi connectivity index (χ1n) is 4.15. The van der Waals surface area contributed by atoms with Gasteiger partial charge >= 0.3 is 0 Å². The Morgan fingerprint density at radius 1 is 1.53 bits per heavy atom. The van der Waals surface area contributed by atoms with Gasteiger partial charge in [0.25, 0.3) is 0 Å². The van der Waals surface area contributed by atoms with Gasteiger partial charge in [-0.25, -0.2) is 9.38 Å². The van der Waals surface area contributed by atoms with Crippen LogP contribution in [0.1, 0.15) is 5.56 Å². The third-order valence-electron chi connectivity index (χ3n) is 1.61. The molecule has 0 aliphatic heterocycles. The van der Waals surface area contributed by atoms with Crippen LogP contribution in [0.5, 0.6) is 0 Å². The normalized spacial score (nSPS) is 10.3. The Labute approximate surface area is 96.0 Å². The molecule has 0 amide bonds. The molecule has 0 radical (unpaired) electrons. The van der Waals surface area contributed by atoms with Crippen LogP contribution in [0, 0.1) is 17.1 Å². The van der Waals surface area contributed by atoms with Crippen LogP contribution < -0.4 is 0 Å². The lowest BCUT2D eigenvalue weighted by Crippen LogP contribution is -2.07. The molecule has 1 aromatic carbocycles. The van der Waals surface area contributed by atoms with E-state index in [2.05, 4.69) is 20.9 Å². The maximum absolute atomic E-state index is 13.4. The van der Waals surface area contributed by atoms with Crippen LogP contribution in [0.25, 0.3) is 0 Å². The van der Waals surface area contributed by atoms with Crippen molar-refractivity contribution in [1.29, 1.82) is 5.26 Å². The predicted molar refractivity (Wildman–Crippen MR) is 60.7 cm³/mol. The van der Waals surface area contributed by atoms with Gasteiger partial charge in [-0.3, -0.25) is 0 Å². The molecule has 0 fully saturated rings. The SMILES string of the molecule is CN(C)/C=N/c1ccc(Br)c(F)c1C#N. The molecule has 0 atom stereocenters. The summed E-state index contributed by atoms with van der Waals surface area (Å²) < 4.78 is 13.7. The number of nitriles is 1. The first-order valence-corrected chi connectivity index (χ1v) is 4.94. The first-order chi connectivity index (χ1) is 7.06. The monoisotopic (exact) mass is 269 g/mol. The standard InChI is InChI=1S/C10H9BrFN3/c1-15(2)6-14-9-4-3-8(11)10(12)7(9)5-13/h3-4,6H,1-2H3/b14-6+. The number of aliphatic imine (C=N–C) groups is 1. The molecule has 1 rings (SSSR count). The fourth-order valence-corrected chi connectivity index (χ4v) is 1.26. The summed E-state index contributed by atoms with van der Waals surface area (Å²) in [5.41, 5.74) is 0.273. The van der Waals surface area contributed by atoms with Gasteiger partial charge in [0, 0.05) is 14.1 Å². The molecule has 78 valence electrons. The molecule has 0 bridgehead atoms. The molecule has 0 aliphatic carbocycles. The van der Waals surface area contributed by atoms with Crippen molar-refractivity contribution >= 4 is 28.0 Å². The Bertz CT molecular complexity index is 435. The van der Waals surface area contributed by atoms with Crippen LogP contribution in [0.3, 0.4) is 0 Å². The van der Waals surface area contributed by atoms with Gasteiger partial charge in [-0.1, -0.05) is 0 Å². The van der Waals surface area contributed by atoms with Gasteiger partial charge in [0.05, 0.1) is 16.5 Å². The highest BCUT2D eigenvalue weighted by Gasteiger charge is 2.10. The smallest absolute Gasteiger partial charge is 0.157 e. The maximum atomic E-state index is 13.4. The van der Waals surface area contributed by atoms with Crippen molar-refractivity contribution in [3.8, 4) is 6.07 Å². The molecule has 0 aromatic heterocycles. The third kappa shape index (κ3) is 2.77. The van der Waals surface area contributed by atoms with Crippen molar-refractivity contribution in [3.63, 3.8) is 0 Å². The Kier molecular flexibility index (Phi) is 3.81. The molecule has 5 heteroatoms. The average molecular weight is 270 g/mol. The van der Waals surface area contributed by atoms with Gasteiger partial charge in [0.15, 0.2) is 5.82 Å². The molecule has 15 heavy (non-hydrogen) atoms. The summed E-state index contributed by atoms with van der Waals surface area (Å²) >= 11 is 3.01. The average Bonchev–Trinajstić information content (AvgIpc) is 2.19. The fraction of sp³-hybridized carbons (Fsp3) is 0.200. The highest BCUT2D eigenvalue weighted by atomic mass is 79.9. The minimum atomic E-state index is -0.578. The lowest BCUT2D eigenvalue weighted by molar-refractivity contribution is 0.617. The second-order valence-electron chi connectivity index (χ2n) is 3.08. The summed E-state index contributed by atoms with van der Waals surface area (Å²) in [5.74, 6) is -0.578. The quantitative estimate of drug-likeness (QED) is 0.612. The molecule has 0 N–H and O–H groups in total. The lowest BCUT2D eigenvalue weighted by atomic mass is 10.2. The number of halogens is 2. The van der Waals surface area contributed by atoms with Crippen molar-refractivity contribution in [2.75, 3.05) is 14.1 Å². The van der Waals surface area contributed by atoms with Gasteiger partial charge in [-0.2, -0.15) is 5.26 Å². The highest BCUT2D eigenvalue weighted by molar-refractivity contribution is 9.10. The van der Waals surface area contributed by atoms with E-state index in [9.17, 15) is 4.39 Å². The third-order valence-corrected chi connectivity index (χ3v) is 2.22. The molecule has 0 saturated carbocycles. The largest absolute Gasteiger partial charge is 0.369 e. The molecule has 0 heterocycles. The van der Waals surface area contributed by atoms with Crippen molar-refractivity contribution < 1.29 is 4.39 Å². The Hall–Kier alpha value is -1.41. The molecule has 0 spiro atoms. The molecular weight excluding hydrogens is 261 g/mol. The zero-order valence-corrected chi connectivity index (χ0v) is 9.92. The molecule has 1 aromatic rings. The second-order valence-corrected chi connectivity index (χ2v) is 3.93. The molecule has 3 nitrogen and oxygen atoms in total. The van der Waals surface area contributed by atoms with E-state index in [0.29, 0.717) is 5.69 Å². The van der Waals surface area contributed by atoms with Crippen LogP contribution >= 0.6 is 15.9 Å². The predicted octanol–water partition coefficient (Wildman–Crippen LogP) is 2.68. The molecular formula is C10H9BrFN3. The van der Waals surface area contributed by atoms with Gasteiger partial charge in [0.2, 0.25) is 0 Å². The second kappa shape index (κ2) is 4.89. The van der Waals surface area contributed by atoms with Crippen molar-refractivity contribution in [3.05, 3.63) is 28.0 Å². The van der Waals surface area contributed by atoms with Crippen LogP contribution in [0.4, 0.5) is 10.1 Å². The van der Waals surface area contributed by atoms with Crippen LogP contribution in [-0.2, 0) is 0 Å². The highest BCUT2D eigenvalue weighted by Crippen LogP contribution is 2.26. The lowest BCUT2D eigenvalue weighted by Gasteiger charge is -2.04. The van der Waals surface area contributed by atoms with E-state index >= 15 is 0 Å². The summed E-state index contributed by atoms with van der Waals surface area (Å²) in [7, 11) is 3.59. The summed E-state index contributed by atoms with van der Waals surface area (Å²) in [5, 5.41) is 8.79. The summed E-state index contributed by atoms with van der Waals surface area (Å²) in [6.45, 7) is 0. The van der Waals surface area contributed by atoms with Crippen LogP contribution in [0.15, 0.2) is 21.6 Å². The van der Waals surface area contributed by atoms with E-state index < -0.39 is 5.82 Å². The number of nitrogens with zero attached hydrogens (tertiary/aromatic N) is 3. The van der Waals surface area contributed by atoms with E-state index in [1.54, 1.807) is 31.1 Å². The molecule has 0 aliphatic rings. The van der Waals surface area contributed by atoms with Crippen LogP contribution in [-0.4, -0.2) is 25.3 Å². The summed E-state index contributed by atoms with van der Waals surface area (Å²) in [6, 6.07) is 4.91. The van der Waals surface area contributed by atoms with E-state index in [1.165, 1.54) is 12.4 Å². The van der Waals surface area contributed by atoms with Crippen molar-refractivity contribution in [2.45, 2.75) is 0 Å². The van der Waals surface area contributed by atoms with E-state index in [-0.39, 0.29) is 10.0 Å². The summed E-state index contributed by atoms with van der Waals surface area (Å²) in [4.78, 5) is 5.71. The Morgan fingerprint density at radius 3 is 2.73 bits per heavy atom. The first kappa shape index (κ1) is 11.7. The van der Waals surface area contributed by atoms with Crippen molar-refractivity contribution in [1.82, 2.24) is 4.90 Å². The van der Waals surface area contributed by atoms with E-state index in [0.717, 1.165) is 0 Å². The topological polar surface area (TPSA) is 39.4 Å². The minimum absolute atomic E-state index is 0.0533. The minimum Gasteiger partial charge on any atom is -0.369 e. The Balaban J connectivity index is 3.21. The van der Waals surface area contributed by atoms with Gasteiger partial charge < -0.3 is 4.90 Å². The zero-order chi connectivity index (χ0) is 11.4. The van der Waals surface area contributed by atoms with E-state index in [1.807, 2.05) is 0 Å². The van der Waals surface area contributed by atoms with Gasteiger partial charge in [0.1, 0.15) is 11.6 Å². The van der Waals surface area contributed by atoms with Gasteiger partial charge in [-0.15, -0.1) is 0 Å². The summed E-state index contributed by atoms with van der Waals surface area (Å²) in [6.07, 6.45) is 1.52. The van der Waals surface area contributed by atoms with E-state index in [4.69, 9.17) is 5.26 Å².